The maximum absolute atomic E-state index is 12.3. The first-order valence-corrected chi connectivity index (χ1v) is 11.3. The maximum Gasteiger partial charge on any atom is 0.213 e. The van der Waals surface area contributed by atoms with E-state index in [2.05, 4.69) is 15.2 Å². The van der Waals surface area contributed by atoms with Crippen molar-refractivity contribution in [2.24, 2.45) is 0 Å². The van der Waals surface area contributed by atoms with Gasteiger partial charge in [-0.15, -0.1) is 5.10 Å². The predicted octanol–water partition coefficient (Wildman–Crippen LogP) is 1.99. The minimum Gasteiger partial charge on any atom is -0.216 e. The Morgan fingerprint density at radius 2 is 2.00 bits per heavy atom. The molecule has 0 amide bonds. The van der Waals surface area contributed by atoms with Gasteiger partial charge in [0.2, 0.25) is 10.0 Å². The van der Waals surface area contributed by atoms with E-state index in [-0.39, 0.29) is 11.7 Å². The molecule has 0 bridgehead atoms. The van der Waals surface area contributed by atoms with E-state index in [1.165, 1.54) is 0 Å². The number of fused-ring (bicyclic) bond motifs is 3. The smallest absolute Gasteiger partial charge is 0.213 e. The number of sulfonamides is 1. The van der Waals surface area contributed by atoms with Gasteiger partial charge in [-0.3, -0.25) is 0 Å². The van der Waals surface area contributed by atoms with Crippen molar-refractivity contribution in [2.45, 2.75) is 25.7 Å². The Kier molecular flexibility index (Phi) is 4.32. The van der Waals surface area contributed by atoms with Crippen LogP contribution in [0.1, 0.15) is 31.5 Å². The normalized spacial score (nSPS) is 18.6. The second kappa shape index (κ2) is 6.89. The van der Waals surface area contributed by atoms with Crippen LogP contribution in [-0.4, -0.2) is 60.9 Å². The van der Waals surface area contributed by atoms with E-state index >= 15 is 0 Å². The largest absolute Gasteiger partial charge is 0.216 e. The molecule has 1 saturated heterocycles. The fraction of sp³-hybridized carbons (Fsp3) is 0.368. The van der Waals surface area contributed by atoms with Gasteiger partial charge in [-0.1, -0.05) is 18.2 Å². The van der Waals surface area contributed by atoms with E-state index < -0.39 is 10.0 Å². The summed E-state index contributed by atoms with van der Waals surface area (Å²) in [5, 5.41) is 9.88. The van der Waals surface area contributed by atoms with Crippen molar-refractivity contribution in [2.75, 3.05) is 18.8 Å². The number of aromatic nitrogens is 6. The van der Waals surface area contributed by atoms with Crippen LogP contribution in [0.15, 0.2) is 42.9 Å². The molecule has 0 N–H and O–H groups in total. The first kappa shape index (κ1) is 18.2. The van der Waals surface area contributed by atoms with Gasteiger partial charge < -0.3 is 0 Å². The van der Waals surface area contributed by atoms with Crippen LogP contribution in [0.4, 0.5) is 0 Å². The predicted molar refractivity (Wildman–Crippen MR) is 108 cm³/mol. The third kappa shape index (κ3) is 3.08. The Balaban J connectivity index is 1.54. The van der Waals surface area contributed by atoms with E-state index in [1.54, 1.807) is 33.0 Å². The summed E-state index contributed by atoms with van der Waals surface area (Å²) in [7, 11) is -3.21. The first-order valence-electron chi connectivity index (χ1n) is 9.69. The zero-order valence-electron chi connectivity index (χ0n) is 16.0. The summed E-state index contributed by atoms with van der Waals surface area (Å²) in [6, 6.07) is 9.81. The standard InChI is InChI=1S/C19H21N7O2S/c1-2-29(27,28)24-10-6-7-14(12-24)17-22-19-16-11-21-26(15-8-4-3-5-9-15)18(16)20-13-25(19)23-17/h3-5,8-9,11,13-14H,2,6-7,10,12H2,1H3/t14-/m0/s1. The molecule has 0 aliphatic carbocycles. The molecule has 0 spiro atoms. The second-order valence-electron chi connectivity index (χ2n) is 7.21. The maximum atomic E-state index is 12.3. The minimum atomic E-state index is -3.21. The Hall–Kier alpha value is -2.85. The molecule has 1 aliphatic heterocycles. The van der Waals surface area contributed by atoms with Gasteiger partial charge in [-0.2, -0.15) is 5.10 Å². The summed E-state index contributed by atoms with van der Waals surface area (Å²) in [5.41, 5.74) is 2.32. The topological polar surface area (TPSA) is 98.3 Å². The summed E-state index contributed by atoms with van der Waals surface area (Å²) in [6.45, 7) is 2.66. The highest BCUT2D eigenvalue weighted by molar-refractivity contribution is 7.89. The molecule has 1 atom stereocenters. The van der Waals surface area contributed by atoms with Crippen molar-refractivity contribution in [3.05, 3.63) is 48.7 Å². The van der Waals surface area contributed by atoms with Crippen LogP contribution in [0.5, 0.6) is 0 Å². The summed E-state index contributed by atoms with van der Waals surface area (Å²) >= 11 is 0. The van der Waals surface area contributed by atoms with E-state index in [4.69, 9.17) is 4.98 Å². The Labute approximate surface area is 168 Å². The van der Waals surface area contributed by atoms with Gasteiger partial charge >= 0.3 is 0 Å². The summed E-state index contributed by atoms with van der Waals surface area (Å²) in [6.07, 6.45) is 5.06. The average molecular weight is 411 g/mol. The molecule has 1 aliphatic rings. The lowest BCUT2D eigenvalue weighted by Gasteiger charge is -2.30. The molecule has 29 heavy (non-hydrogen) atoms. The van der Waals surface area contributed by atoms with Crippen molar-refractivity contribution in [1.29, 1.82) is 0 Å². The highest BCUT2D eigenvalue weighted by Gasteiger charge is 2.31. The average Bonchev–Trinajstić information content (AvgIpc) is 3.38. The molecule has 1 aromatic carbocycles. The molecule has 0 saturated carbocycles. The molecule has 3 aromatic heterocycles. The van der Waals surface area contributed by atoms with Crippen molar-refractivity contribution >= 4 is 26.7 Å². The van der Waals surface area contributed by atoms with Crippen LogP contribution in [0, 0.1) is 0 Å². The van der Waals surface area contributed by atoms with E-state index in [1.807, 2.05) is 30.3 Å². The molecule has 150 valence electrons. The minimum absolute atomic E-state index is 0.0239. The van der Waals surface area contributed by atoms with Gasteiger partial charge in [0.15, 0.2) is 17.1 Å². The highest BCUT2D eigenvalue weighted by Crippen LogP contribution is 2.28. The van der Waals surface area contributed by atoms with Crippen LogP contribution in [0.3, 0.4) is 0 Å². The van der Waals surface area contributed by atoms with Crippen LogP contribution in [-0.2, 0) is 10.0 Å². The fourth-order valence-electron chi connectivity index (χ4n) is 3.86. The van der Waals surface area contributed by atoms with Crippen molar-refractivity contribution < 1.29 is 8.42 Å². The van der Waals surface area contributed by atoms with Crippen molar-refractivity contribution in [3.8, 4) is 5.69 Å². The highest BCUT2D eigenvalue weighted by atomic mass is 32.2. The van der Waals surface area contributed by atoms with Gasteiger partial charge in [0, 0.05) is 19.0 Å². The third-order valence-corrected chi connectivity index (χ3v) is 7.28. The number of benzene rings is 1. The van der Waals surface area contributed by atoms with Crippen LogP contribution >= 0.6 is 0 Å². The summed E-state index contributed by atoms with van der Waals surface area (Å²) in [4.78, 5) is 9.28. The molecule has 9 nitrogen and oxygen atoms in total. The first-order chi connectivity index (χ1) is 14.1. The molecular formula is C19H21N7O2S. The Morgan fingerprint density at radius 1 is 1.17 bits per heavy atom. The molecule has 4 aromatic rings. The van der Waals surface area contributed by atoms with E-state index in [0.29, 0.717) is 30.2 Å². The van der Waals surface area contributed by atoms with Gasteiger partial charge in [0.25, 0.3) is 0 Å². The quantitative estimate of drug-likeness (QED) is 0.509. The van der Waals surface area contributed by atoms with Gasteiger partial charge in [0.1, 0.15) is 6.33 Å². The monoisotopic (exact) mass is 411 g/mol. The van der Waals surface area contributed by atoms with Gasteiger partial charge in [-0.25, -0.2) is 31.9 Å². The van der Waals surface area contributed by atoms with E-state index in [9.17, 15) is 8.42 Å². The van der Waals surface area contributed by atoms with Crippen LogP contribution < -0.4 is 0 Å². The lowest BCUT2D eigenvalue weighted by atomic mass is 9.99. The SMILES string of the molecule is CCS(=O)(=O)N1CCC[C@H](c2nc3c4cnn(-c5ccccc5)c4ncn3n2)C1. The zero-order valence-corrected chi connectivity index (χ0v) is 16.8. The second-order valence-corrected chi connectivity index (χ2v) is 9.47. The van der Waals surface area contributed by atoms with Gasteiger partial charge in [-0.05, 0) is 31.9 Å². The zero-order chi connectivity index (χ0) is 20.0. The molecule has 5 rings (SSSR count). The Morgan fingerprint density at radius 3 is 2.79 bits per heavy atom. The molecule has 1 fully saturated rings. The van der Waals surface area contributed by atoms with Crippen molar-refractivity contribution in [3.63, 3.8) is 0 Å². The number of para-hydroxylation sites is 1. The lowest BCUT2D eigenvalue weighted by molar-refractivity contribution is 0.309. The summed E-state index contributed by atoms with van der Waals surface area (Å²) in [5.74, 6) is 0.744. The number of hydrogen-bond donors (Lipinski definition) is 0. The van der Waals surface area contributed by atoms with E-state index in [0.717, 1.165) is 23.9 Å². The molecule has 0 radical (unpaired) electrons. The third-order valence-electron chi connectivity index (χ3n) is 5.43. The van der Waals surface area contributed by atoms with Gasteiger partial charge in [0.05, 0.1) is 23.0 Å². The number of nitrogens with zero attached hydrogens (tertiary/aromatic N) is 7. The van der Waals surface area contributed by atoms with Crippen LogP contribution in [0.25, 0.3) is 22.4 Å². The number of piperidine rings is 1. The molecule has 10 heteroatoms. The number of hydrogen-bond acceptors (Lipinski definition) is 6. The van der Waals surface area contributed by atoms with Crippen molar-refractivity contribution in [1.82, 2.24) is 33.7 Å². The lowest BCUT2D eigenvalue weighted by Crippen LogP contribution is -2.40. The fourth-order valence-corrected chi connectivity index (χ4v) is 5.04. The molecule has 4 heterocycles. The molecular weight excluding hydrogens is 390 g/mol. The Bertz CT molecular complexity index is 1280. The molecule has 0 unspecified atom stereocenters. The number of rotatable bonds is 4. The summed E-state index contributed by atoms with van der Waals surface area (Å²) < 4.78 is 29.5. The van der Waals surface area contributed by atoms with Crippen LogP contribution in [0.2, 0.25) is 0 Å².